The maximum Gasteiger partial charge on any atom is 0.257 e. The largest absolute Gasteiger partial charge is 0.398 e. The highest BCUT2D eigenvalue weighted by Crippen LogP contribution is 2.21. The van der Waals surface area contributed by atoms with Gasteiger partial charge < -0.3 is 10.6 Å². The molecule has 2 rings (SSSR count). The molecule has 6 nitrogen and oxygen atoms in total. The fourth-order valence-corrected chi connectivity index (χ4v) is 2.00. The maximum atomic E-state index is 12.3. The van der Waals surface area contributed by atoms with Crippen molar-refractivity contribution in [1.29, 1.82) is 0 Å². The Morgan fingerprint density at radius 2 is 2.16 bits per heavy atom. The van der Waals surface area contributed by atoms with Crippen LogP contribution in [0.2, 0.25) is 5.02 Å². The van der Waals surface area contributed by atoms with E-state index >= 15 is 0 Å². The highest BCUT2D eigenvalue weighted by Gasteiger charge is 2.34. The summed E-state index contributed by atoms with van der Waals surface area (Å²) in [7, 11) is 0. The molecular formula is C12H12ClN3O3. The quantitative estimate of drug-likeness (QED) is 0.576. The van der Waals surface area contributed by atoms with E-state index in [1.165, 1.54) is 17.0 Å². The van der Waals surface area contributed by atoms with E-state index in [9.17, 15) is 14.4 Å². The van der Waals surface area contributed by atoms with E-state index in [4.69, 9.17) is 17.3 Å². The molecule has 1 unspecified atom stereocenters. The van der Waals surface area contributed by atoms with Crippen LogP contribution in [0.25, 0.3) is 0 Å². The molecule has 0 bridgehead atoms. The number of hydrogen-bond acceptors (Lipinski definition) is 4. The summed E-state index contributed by atoms with van der Waals surface area (Å²) in [5, 5.41) is 2.52. The number of imide groups is 1. The second-order valence-corrected chi connectivity index (χ2v) is 4.69. The van der Waals surface area contributed by atoms with E-state index in [1.807, 2.05) is 0 Å². The van der Waals surface area contributed by atoms with Gasteiger partial charge in [0, 0.05) is 10.7 Å². The van der Waals surface area contributed by atoms with Gasteiger partial charge in [-0.25, -0.2) is 0 Å². The minimum absolute atomic E-state index is 0.182. The molecular weight excluding hydrogens is 270 g/mol. The molecule has 19 heavy (non-hydrogen) atoms. The van der Waals surface area contributed by atoms with Gasteiger partial charge in [0.15, 0.2) is 0 Å². The number of nitrogen functional groups attached to an aromatic ring is 1. The summed E-state index contributed by atoms with van der Waals surface area (Å²) in [6.07, 6.45) is 0. The van der Waals surface area contributed by atoms with Crippen molar-refractivity contribution < 1.29 is 14.4 Å². The van der Waals surface area contributed by atoms with Gasteiger partial charge in [-0.15, -0.1) is 0 Å². The zero-order valence-electron chi connectivity index (χ0n) is 10.1. The van der Waals surface area contributed by atoms with Gasteiger partial charge in [-0.2, -0.15) is 0 Å². The van der Waals surface area contributed by atoms with Crippen molar-refractivity contribution in [3.8, 4) is 0 Å². The zero-order chi connectivity index (χ0) is 14.2. The van der Waals surface area contributed by atoms with Gasteiger partial charge in [-0.1, -0.05) is 11.6 Å². The van der Waals surface area contributed by atoms with E-state index < -0.39 is 23.8 Å². The van der Waals surface area contributed by atoms with Crippen molar-refractivity contribution in [3.63, 3.8) is 0 Å². The molecule has 0 radical (unpaired) electrons. The molecule has 100 valence electrons. The topological polar surface area (TPSA) is 92.5 Å². The molecule has 1 saturated heterocycles. The number of nitrogens with one attached hydrogen (secondary N) is 1. The molecule has 1 aliphatic heterocycles. The van der Waals surface area contributed by atoms with Crippen LogP contribution >= 0.6 is 11.6 Å². The van der Waals surface area contributed by atoms with Crippen molar-refractivity contribution in [1.82, 2.24) is 10.2 Å². The summed E-state index contributed by atoms with van der Waals surface area (Å²) in [6, 6.07) is 3.75. The Hall–Kier alpha value is -2.08. The van der Waals surface area contributed by atoms with Gasteiger partial charge in [0.25, 0.3) is 5.91 Å². The number of amides is 3. The van der Waals surface area contributed by atoms with E-state index in [1.54, 1.807) is 13.0 Å². The molecule has 3 N–H and O–H groups in total. The first-order chi connectivity index (χ1) is 8.90. The van der Waals surface area contributed by atoms with Crippen molar-refractivity contribution in [2.45, 2.75) is 13.0 Å². The minimum Gasteiger partial charge on any atom is -0.398 e. The third-order valence-electron chi connectivity index (χ3n) is 2.93. The predicted molar refractivity (Wildman–Crippen MR) is 69.5 cm³/mol. The summed E-state index contributed by atoms with van der Waals surface area (Å²) in [5.74, 6) is -1.52. The van der Waals surface area contributed by atoms with Gasteiger partial charge in [0.2, 0.25) is 11.8 Å². The molecule has 7 heteroatoms. The Labute approximate surface area is 114 Å². The van der Waals surface area contributed by atoms with E-state index in [-0.39, 0.29) is 17.8 Å². The van der Waals surface area contributed by atoms with Crippen LogP contribution in [0.15, 0.2) is 18.2 Å². The number of nitrogens with zero attached hydrogens (tertiary/aromatic N) is 1. The zero-order valence-corrected chi connectivity index (χ0v) is 10.9. The van der Waals surface area contributed by atoms with Crippen LogP contribution in [0.4, 0.5) is 5.69 Å². The first kappa shape index (κ1) is 13.4. The Balaban J connectivity index is 2.35. The van der Waals surface area contributed by atoms with Crippen LogP contribution < -0.4 is 11.1 Å². The molecule has 0 saturated carbocycles. The number of carbonyl (C=O) groups excluding carboxylic acids is 3. The summed E-state index contributed by atoms with van der Waals surface area (Å²) in [5.41, 5.74) is 6.15. The average molecular weight is 282 g/mol. The number of carbonyl (C=O) groups is 3. The second-order valence-electron chi connectivity index (χ2n) is 4.25. The summed E-state index contributed by atoms with van der Waals surface area (Å²) < 4.78 is 0. The Morgan fingerprint density at radius 1 is 1.47 bits per heavy atom. The van der Waals surface area contributed by atoms with Crippen LogP contribution in [0.3, 0.4) is 0 Å². The minimum atomic E-state index is -0.733. The number of nitrogens with two attached hydrogens (primary N) is 1. The molecule has 1 aromatic carbocycles. The van der Waals surface area contributed by atoms with Gasteiger partial charge >= 0.3 is 0 Å². The first-order valence-corrected chi connectivity index (χ1v) is 5.97. The molecule has 1 aliphatic rings. The molecule has 0 spiro atoms. The lowest BCUT2D eigenvalue weighted by Gasteiger charge is -2.31. The Kier molecular flexibility index (Phi) is 3.44. The van der Waals surface area contributed by atoms with E-state index in [2.05, 4.69) is 5.32 Å². The standard InChI is InChI=1S/C12H12ClN3O3/c1-6-11(18)15-10(17)5-16(6)12(19)8-4-7(13)2-3-9(8)14/h2-4,6H,5,14H2,1H3,(H,15,17,18). The van der Waals surface area contributed by atoms with Gasteiger partial charge in [0.05, 0.1) is 5.56 Å². The van der Waals surface area contributed by atoms with Gasteiger partial charge in [0.1, 0.15) is 12.6 Å². The SMILES string of the molecule is CC1C(=O)NC(=O)CN1C(=O)c1cc(Cl)ccc1N. The average Bonchev–Trinajstić information content (AvgIpc) is 2.36. The highest BCUT2D eigenvalue weighted by molar-refractivity contribution is 6.31. The molecule has 1 heterocycles. The summed E-state index contributed by atoms with van der Waals surface area (Å²) in [4.78, 5) is 36.4. The monoisotopic (exact) mass is 281 g/mol. The number of hydrogen-bond donors (Lipinski definition) is 2. The molecule has 0 aromatic heterocycles. The maximum absolute atomic E-state index is 12.3. The number of rotatable bonds is 1. The second kappa shape index (κ2) is 4.89. The number of anilines is 1. The van der Waals surface area contributed by atoms with Crippen LogP contribution in [0.1, 0.15) is 17.3 Å². The third-order valence-corrected chi connectivity index (χ3v) is 3.17. The lowest BCUT2D eigenvalue weighted by atomic mass is 10.1. The fourth-order valence-electron chi connectivity index (χ4n) is 1.83. The Bertz CT molecular complexity index is 573. The van der Waals surface area contributed by atoms with Crippen LogP contribution in [-0.2, 0) is 9.59 Å². The van der Waals surface area contributed by atoms with Gasteiger partial charge in [-0.3, -0.25) is 19.7 Å². The molecule has 1 fully saturated rings. The van der Waals surface area contributed by atoms with Crippen molar-refractivity contribution >= 4 is 35.0 Å². The molecule has 1 atom stereocenters. The molecule has 3 amide bonds. The molecule has 1 aromatic rings. The number of halogens is 1. The first-order valence-electron chi connectivity index (χ1n) is 5.60. The van der Waals surface area contributed by atoms with E-state index in [0.717, 1.165) is 0 Å². The number of piperazine rings is 1. The lowest BCUT2D eigenvalue weighted by molar-refractivity contribution is -0.138. The molecule has 0 aliphatic carbocycles. The van der Waals surface area contributed by atoms with Crippen LogP contribution in [-0.4, -0.2) is 35.2 Å². The Morgan fingerprint density at radius 3 is 2.84 bits per heavy atom. The predicted octanol–water partition coefficient (Wildman–Crippen LogP) is 0.409. The van der Waals surface area contributed by atoms with Crippen molar-refractivity contribution in [2.24, 2.45) is 0 Å². The normalized spacial score (nSPS) is 19.3. The van der Waals surface area contributed by atoms with Crippen LogP contribution in [0.5, 0.6) is 0 Å². The summed E-state index contributed by atoms with van der Waals surface area (Å²) >= 11 is 5.82. The smallest absolute Gasteiger partial charge is 0.257 e. The summed E-state index contributed by atoms with van der Waals surface area (Å²) in [6.45, 7) is 1.36. The van der Waals surface area contributed by atoms with Crippen molar-refractivity contribution in [3.05, 3.63) is 28.8 Å². The van der Waals surface area contributed by atoms with Crippen molar-refractivity contribution in [2.75, 3.05) is 12.3 Å². The number of benzene rings is 1. The highest BCUT2D eigenvalue weighted by atomic mass is 35.5. The van der Waals surface area contributed by atoms with Crippen LogP contribution in [0, 0.1) is 0 Å². The lowest BCUT2D eigenvalue weighted by Crippen LogP contribution is -2.58. The third kappa shape index (κ3) is 2.53. The van der Waals surface area contributed by atoms with Gasteiger partial charge in [-0.05, 0) is 25.1 Å². The fraction of sp³-hybridized carbons (Fsp3) is 0.250. The van der Waals surface area contributed by atoms with E-state index in [0.29, 0.717) is 5.02 Å².